The zero-order valence-corrected chi connectivity index (χ0v) is 17.8. The molecule has 2 aromatic rings. The van der Waals surface area contributed by atoms with Gasteiger partial charge in [0.15, 0.2) is 0 Å². The highest BCUT2D eigenvalue weighted by atomic mass is 19.3. The van der Waals surface area contributed by atoms with E-state index in [0.717, 1.165) is 5.69 Å². The van der Waals surface area contributed by atoms with E-state index in [1.807, 2.05) is 32.1 Å². The fourth-order valence-electron chi connectivity index (χ4n) is 4.15. The molecule has 1 unspecified atom stereocenters. The molecular formula is C22H30F2N2O3. The number of aromatic nitrogens is 2. The van der Waals surface area contributed by atoms with Gasteiger partial charge in [-0.25, -0.2) is 18.6 Å². The minimum Gasteiger partial charge on any atom is -0.462 e. The molecule has 1 saturated carbocycles. The van der Waals surface area contributed by atoms with E-state index in [1.54, 1.807) is 19.1 Å². The monoisotopic (exact) mass is 408 g/mol. The first kappa shape index (κ1) is 21.7. The third kappa shape index (κ3) is 4.29. The molecule has 0 radical (unpaired) electrons. The van der Waals surface area contributed by atoms with E-state index in [-0.39, 0.29) is 43.6 Å². The number of aliphatic hydroxyl groups is 1. The quantitative estimate of drug-likeness (QED) is 0.725. The Morgan fingerprint density at radius 2 is 1.97 bits per heavy atom. The summed E-state index contributed by atoms with van der Waals surface area (Å²) < 4.78 is 34.2. The highest BCUT2D eigenvalue weighted by Crippen LogP contribution is 2.43. The minimum absolute atomic E-state index is 0.206. The molecule has 1 aliphatic carbocycles. The lowest BCUT2D eigenvalue weighted by molar-refractivity contribution is -0.0635. The van der Waals surface area contributed by atoms with Gasteiger partial charge in [0.25, 0.3) is 0 Å². The Hall–Kier alpha value is -2.02. The number of fused-ring (bicyclic) bond motifs is 1. The van der Waals surface area contributed by atoms with Crippen LogP contribution in [0.25, 0.3) is 5.65 Å². The number of hydrogen-bond donors (Lipinski definition) is 1. The highest BCUT2D eigenvalue weighted by Gasteiger charge is 2.40. The number of ether oxygens (including phenoxy) is 1. The average molecular weight is 408 g/mol. The SMILES string of the molecule is CCOC(=O)c1cc(C)n2c(C(O)C3CCC(F)(F)CC3)c(C(C)(C)C)nc2c1. The number of imidazole rings is 1. The van der Waals surface area contributed by atoms with E-state index < -0.39 is 18.0 Å². The third-order valence-corrected chi connectivity index (χ3v) is 5.65. The number of esters is 1. The Labute approximate surface area is 170 Å². The molecule has 0 spiro atoms. The maximum Gasteiger partial charge on any atom is 0.338 e. The molecule has 0 saturated heterocycles. The molecule has 0 bridgehead atoms. The largest absolute Gasteiger partial charge is 0.462 e. The van der Waals surface area contributed by atoms with Crippen LogP contribution in [0.3, 0.4) is 0 Å². The first-order chi connectivity index (χ1) is 13.4. The van der Waals surface area contributed by atoms with Gasteiger partial charge >= 0.3 is 5.97 Å². The Balaban J connectivity index is 2.10. The Bertz CT molecular complexity index is 905. The number of alkyl halides is 2. The molecular weight excluding hydrogens is 378 g/mol. The minimum atomic E-state index is -2.65. The van der Waals surface area contributed by atoms with E-state index in [0.29, 0.717) is 22.6 Å². The normalized spacial score (nSPS) is 18.8. The molecule has 0 aromatic carbocycles. The molecule has 1 fully saturated rings. The van der Waals surface area contributed by atoms with Gasteiger partial charge in [-0.2, -0.15) is 0 Å². The van der Waals surface area contributed by atoms with Crippen LogP contribution in [0.2, 0.25) is 0 Å². The van der Waals surface area contributed by atoms with Crippen LogP contribution in [0.1, 0.15) is 86.9 Å². The molecule has 0 amide bonds. The fraction of sp³-hybridized carbons (Fsp3) is 0.636. The molecule has 2 heterocycles. The van der Waals surface area contributed by atoms with Gasteiger partial charge < -0.3 is 9.84 Å². The third-order valence-electron chi connectivity index (χ3n) is 5.65. The first-order valence-corrected chi connectivity index (χ1v) is 10.2. The summed E-state index contributed by atoms with van der Waals surface area (Å²) in [5.74, 6) is -3.32. The van der Waals surface area contributed by atoms with Crippen LogP contribution in [0, 0.1) is 12.8 Å². The van der Waals surface area contributed by atoms with Crippen molar-refractivity contribution >= 4 is 11.6 Å². The number of pyridine rings is 1. The van der Waals surface area contributed by atoms with E-state index in [2.05, 4.69) is 0 Å². The van der Waals surface area contributed by atoms with Gasteiger partial charge in [0.1, 0.15) is 5.65 Å². The number of aryl methyl sites for hydroxylation is 1. The van der Waals surface area contributed by atoms with Crippen LogP contribution in [0.4, 0.5) is 8.78 Å². The molecule has 0 aliphatic heterocycles. The molecule has 1 N–H and O–H groups in total. The number of carbonyl (C=O) groups is 1. The van der Waals surface area contributed by atoms with Crippen molar-refractivity contribution in [1.29, 1.82) is 0 Å². The van der Waals surface area contributed by atoms with Crippen molar-refractivity contribution in [2.75, 3.05) is 6.61 Å². The summed E-state index contributed by atoms with van der Waals surface area (Å²) in [4.78, 5) is 16.9. The topological polar surface area (TPSA) is 63.8 Å². The van der Waals surface area contributed by atoms with Gasteiger partial charge in [0, 0.05) is 24.0 Å². The predicted molar refractivity (Wildman–Crippen MR) is 106 cm³/mol. The lowest BCUT2D eigenvalue weighted by Gasteiger charge is -2.32. The maximum absolute atomic E-state index is 13.6. The highest BCUT2D eigenvalue weighted by molar-refractivity contribution is 5.90. The Morgan fingerprint density at radius 1 is 1.34 bits per heavy atom. The number of nitrogens with zero attached hydrogens (tertiary/aromatic N) is 2. The van der Waals surface area contributed by atoms with Crippen LogP contribution in [-0.4, -0.2) is 33.0 Å². The summed E-state index contributed by atoms with van der Waals surface area (Å²) in [5.41, 5.74) is 2.68. The van der Waals surface area contributed by atoms with Crippen LogP contribution in [0.15, 0.2) is 12.1 Å². The Morgan fingerprint density at radius 3 is 2.52 bits per heavy atom. The molecule has 2 aromatic heterocycles. The van der Waals surface area contributed by atoms with Gasteiger partial charge in [0.05, 0.1) is 29.7 Å². The summed E-state index contributed by atoms with van der Waals surface area (Å²) in [7, 11) is 0. The lowest BCUT2D eigenvalue weighted by atomic mass is 9.80. The maximum atomic E-state index is 13.6. The number of rotatable bonds is 4. The van der Waals surface area contributed by atoms with E-state index in [4.69, 9.17) is 9.72 Å². The second-order valence-corrected chi connectivity index (χ2v) is 9.03. The van der Waals surface area contributed by atoms with Crippen LogP contribution in [-0.2, 0) is 10.2 Å². The van der Waals surface area contributed by atoms with Gasteiger partial charge in [-0.05, 0) is 44.7 Å². The number of halogens is 2. The summed E-state index contributed by atoms with van der Waals surface area (Å²) in [5, 5.41) is 11.2. The summed E-state index contributed by atoms with van der Waals surface area (Å²) in [6.07, 6.45) is -0.775. The Kier molecular flexibility index (Phi) is 5.73. The van der Waals surface area contributed by atoms with Crippen LogP contribution < -0.4 is 0 Å². The number of hydrogen-bond acceptors (Lipinski definition) is 4. The van der Waals surface area contributed by atoms with Crippen molar-refractivity contribution in [3.05, 3.63) is 34.8 Å². The zero-order chi connectivity index (χ0) is 21.6. The van der Waals surface area contributed by atoms with Crippen LogP contribution >= 0.6 is 0 Å². The zero-order valence-electron chi connectivity index (χ0n) is 17.8. The molecule has 29 heavy (non-hydrogen) atoms. The smallest absolute Gasteiger partial charge is 0.338 e. The van der Waals surface area contributed by atoms with Gasteiger partial charge in [-0.15, -0.1) is 0 Å². The molecule has 3 rings (SSSR count). The van der Waals surface area contributed by atoms with Crippen molar-refractivity contribution in [3.8, 4) is 0 Å². The second kappa shape index (κ2) is 7.67. The van der Waals surface area contributed by atoms with Crippen molar-refractivity contribution in [1.82, 2.24) is 9.38 Å². The van der Waals surface area contributed by atoms with E-state index in [1.165, 1.54) is 0 Å². The van der Waals surface area contributed by atoms with E-state index >= 15 is 0 Å². The van der Waals surface area contributed by atoms with Crippen molar-refractivity contribution in [3.63, 3.8) is 0 Å². The summed E-state index contributed by atoms with van der Waals surface area (Å²) in [6.45, 7) is 9.87. The van der Waals surface area contributed by atoms with Gasteiger partial charge in [-0.1, -0.05) is 20.8 Å². The lowest BCUT2D eigenvalue weighted by Crippen LogP contribution is -2.29. The first-order valence-electron chi connectivity index (χ1n) is 10.2. The molecule has 5 nitrogen and oxygen atoms in total. The summed E-state index contributed by atoms with van der Waals surface area (Å²) >= 11 is 0. The van der Waals surface area contributed by atoms with Crippen molar-refractivity contribution in [2.24, 2.45) is 5.92 Å². The van der Waals surface area contributed by atoms with Crippen LogP contribution in [0.5, 0.6) is 0 Å². The number of aliphatic hydroxyl groups excluding tert-OH is 1. The molecule has 1 atom stereocenters. The van der Waals surface area contributed by atoms with Crippen molar-refractivity contribution in [2.45, 2.75) is 77.7 Å². The average Bonchev–Trinajstić information content (AvgIpc) is 3.02. The second-order valence-electron chi connectivity index (χ2n) is 9.03. The predicted octanol–water partition coefficient (Wildman–Crippen LogP) is 4.98. The standard InChI is InChI=1S/C22H30F2N2O3/c1-6-29-20(28)15-11-13(2)26-16(12-15)25-19(21(3,4)5)17(26)18(27)14-7-9-22(23,24)10-8-14/h11-12,14,18,27H,6-10H2,1-5H3. The molecule has 160 valence electrons. The van der Waals surface area contributed by atoms with Gasteiger partial charge in [0.2, 0.25) is 5.92 Å². The molecule has 7 heteroatoms. The van der Waals surface area contributed by atoms with Gasteiger partial charge in [-0.3, -0.25) is 4.40 Å². The molecule has 1 aliphatic rings. The van der Waals surface area contributed by atoms with E-state index in [9.17, 15) is 18.7 Å². The fourth-order valence-corrected chi connectivity index (χ4v) is 4.15. The summed E-state index contributed by atoms with van der Waals surface area (Å²) in [6, 6.07) is 3.37. The number of carbonyl (C=O) groups excluding carboxylic acids is 1. The van der Waals surface area contributed by atoms with Crippen molar-refractivity contribution < 1.29 is 23.4 Å².